The molecule has 0 aliphatic heterocycles. The van der Waals surface area contributed by atoms with E-state index in [-0.39, 0.29) is 64.0 Å². The highest BCUT2D eigenvalue weighted by molar-refractivity contribution is 7.25. The zero-order chi connectivity index (χ0) is 46.3. The third-order valence-corrected chi connectivity index (χ3v) is 12.9. The van der Waals surface area contributed by atoms with E-state index < -0.39 is 5.41 Å². The van der Waals surface area contributed by atoms with Gasteiger partial charge in [-0.15, -0.1) is 11.3 Å². The molecule has 1 aliphatic rings. The molecule has 0 fully saturated rings. The van der Waals surface area contributed by atoms with E-state index in [4.69, 9.17) is 17.7 Å². The third kappa shape index (κ3) is 5.91. The highest BCUT2D eigenvalue weighted by atomic mass is 32.1. The number of nitrogens with zero attached hydrogens (tertiary/aromatic N) is 3. The molecule has 0 spiro atoms. The molecule has 62 heavy (non-hydrogen) atoms. The zero-order valence-corrected chi connectivity index (χ0v) is 34.0. The highest BCUT2D eigenvalue weighted by Gasteiger charge is 2.46. The van der Waals surface area contributed by atoms with E-state index in [9.17, 15) is 5.48 Å². The molecule has 0 saturated heterocycles. The second-order valence-electron chi connectivity index (χ2n) is 15.4. The van der Waals surface area contributed by atoms with Crippen molar-refractivity contribution in [2.45, 2.75) is 5.41 Å². The van der Waals surface area contributed by atoms with Crippen LogP contribution in [0.5, 0.6) is 0 Å². The predicted molar refractivity (Wildman–Crippen MR) is 257 cm³/mol. The molecular formula is C58H37N3S. The average molecular weight is 814 g/mol. The summed E-state index contributed by atoms with van der Waals surface area (Å²) in [6.45, 7) is 0. The van der Waals surface area contributed by atoms with Crippen LogP contribution in [-0.2, 0) is 5.41 Å². The van der Waals surface area contributed by atoms with Crippen molar-refractivity contribution in [3.63, 3.8) is 0 Å². The van der Waals surface area contributed by atoms with Crippen LogP contribution in [-0.4, -0.2) is 15.0 Å². The van der Waals surface area contributed by atoms with Crippen LogP contribution in [0.4, 0.5) is 0 Å². The summed E-state index contributed by atoms with van der Waals surface area (Å²) in [5.41, 5.74) is 10.3. The number of hydrogen-bond acceptors (Lipinski definition) is 4. The molecule has 0 radical (unpaired) electrons. The Morgan fingerprint density at radius 1 is 0.355 bits per heavy atom. The van der Waals surface area contributed by atoms with Gasteiger partial charge in [-0.25, -0.2) is 15.0 Å². The monoisotopic (exact) mass is 813 g/mol. The van der Waals surface area contributed by atoms with Gasteiger partial charge in [0, 0.05) is 36.9 Å². The van der Waals surface area contributed by atoms with E-state index in [0.717, 1.165) is 55.8 Å². The van der Waals surface area contributed by atoms with E-state index in [1.165, 1.54) is 0 Å². The minimum absolute atomic E-state index is 0.0117. The quantitative estimate of drug-likeness (QED) is 0.161. The standard InChI is InChI=1S/C58H37N3S/c1-5-16-38(17-6-1)40-20-15-21-42(34-40)55-59-56(61-57(60-55)44-29-32-49-50-35-41(39-18-7-2-8-19-39)30-33-53(50)62-54(49)37-44)43-28-31-48-47-26-13-14-27-51(47)58(52(48)36-43,45-22-9-3-10-23-45)46-24-11-4-12-25-46/h1-37H/i29D,30D,32D,33D,35D,37D. The molecule has 0 bridgehead atoms. The van der Waals surface area contributed by atoms with Gasteiger partial charge in [-0.1, -0.05) is 194 Å². The Hall–Kier alpha value is -7.79. The molecule has 12 rings (SSSR count). The molecule has 3 nitrogen and oxygen atoms in total. The molecule has 0 unspecified atom stereocenters. The maximum atomic E-state index is 9.81. The fraction of sp³-hybridized carbons (Fsp3) is 0.0172. The van der Waals surface area contributed by atoms with Crippen LogP contribution in [0, 0.1) is 0 Å². The van der Waals surface area contributed by atoms with Crippen molar-refractivity contribution in [2.75, 3.05) is 0 Å². The molecule has 0 saturated carbocycles. The van der Waals surface area contributed by atoms with Gasteiger partial charge in [0.25, 0.3) is 0 Å². The smallest absolute Gasteiger partial charge is 0.164 e. The van der Waals surface area contributed by atoms with Gasteiger partial charge < -0.3 is 0 Å². The molecule has 1 aliphatic carbocycles. The van der Waals surface area contributed by atoms with Gasteiger partial charge in [0.2, 0.25) is 0 Å². The summed E-state index contributed by atoms with van der Waals surface area (Å²) in [6, 6.07) is 62.3. The Morgan fingerprint density at radius 3 is 1.58 bits per heavy atom. The molecule has 290 valence electrons. The Kier molecular flexibility index (Phi) is 7.19. The number of thiophene rings is 1. The third-order valence-electron chi connectivity index (χ3n) is 11.9. The Balaban J connectivity index is 1.12. The first-order chi connectivity index (χ1) is 33.2. The summed E-state index contributed by atoms with van der Waals surface area (Å²) in [6.07, 6.45) is 0. The van der Waals surface area contributed by atoms with Crippen molar-refractivity contribution >= 4 is 31.5 Å². The molecule has 2 heterocycles. The second-order valence-corrected chi connectivity index (χ2v) is 16.4. The van der Waals surface area contributed by atoms with Gasteiger partial charge in [0.05, 0.1) is 13.6 Å². The van der Waals surface area contributed by atoms with Crippen LogP contribution in [0.15, 0.2) is 224 Å². The topological polar surface area (TPSA) is 38.7 Å². The largest absolute Gasteiger partial charge is 0.208 e. The van der Waals surface area contributed by atoms with Crippen molar-refractivity contribution in [3.8, 4) is 67.5 Å². The average Bonchev–Trinajstić information content (AvgIpc) is 3.94. The van der Waals surface area contributed by atoms with Gasteiger partial charge in [-0.3, -0.25) is 0 Å². The summed E-state index contributed by atoms with van der Waals surface area (Å²) in [4.78, 5) is 15.4. The summed E-state index contributed by atoms with van der Waals surface area (Å²) >= 11 is 1.09. The van der Waals surface area contributed by atoms with E-state index >= 15 is 0 Å². The van der Waals surface area contributed by atoms with Gasteiger partial charge >= 0.3 is 0 Å². The zero-order valence-electron chi connectivity index (χ0n) is 39.1. The first-order valence-corrected chi connectivity index (χ1v) is 21.3. The SMILES string of the molecule is [2H]c1c(-c2ccccc2)c([2H])c2c(sc3c([2H])c(-c4nc(-c5cccc(-c6ccccc6)c5)nc(-c5ccc6c(c5)C(c5ccccc5)(c5ccccc5)c5ccccc5-6)n4)c([2H])c([2H])c32)c1[2H]. The molecule has 4 heteroatoms. The minimum atomic E-state index is -0.686. The van der Waals surface area contributed by atoms with Crippen LogP contribution in [0.1, 0.15) is 30.5 Å². The van der Waals surface area contributed by atoms with Crippen LogP contribution in [0.3, 0.4) is 0 Å². The van der Waals surface area contributed by atoms with Crippen molar-refractivity contribution < 1.29 is 8.22 Å². The molecule has 0 N–H and O–H groups in total. The summed E-state index contributed by atoms with van der Waals surface area (Å²) in [5.74, 6) is 0.723. The lowest BCUT2D eigenvalue weighted by molar-refractivity contribution is 0.768. The van der Waals surface area contributed by atoms with Crippen molar-refractivity contribution in [1.82, 2.24) is 15.0 Å². The van der Waals surface area contributed by atoms with E-state index in [1.54, 1.807) is 12.1 Å². The molecule has 11 aromatic rings. The molecule has 0 amide bonds. The number of benzene rings is 9. The summed E-state index contributed by atoms with van der Waals surface area (Å²) < 4.78 is 57.1. The Bertz CT molecular complexity index is 3770. The highest BCUT2D eigenvalue weighted by Crippen LogP contribution is 2.56. The summed E-state index contributed by atoms with van der Waals surface area (Å²) in [7, 11) is 0. The second kappa shape index (κ2) is 14.7. The van der Waals surface area contributed by atoms with Crippen LogP contribution < -0.4 is 0 Å². The normalized spacial score (nSPS) is 14.0. The molecule has 2 aromatic heterocycles. The van der Waals surface area contributed by atoms with Crippen LogP contribution >= 0.6 is 11.3 Å². The van der Waals surface area contributed by atoms with Crippen molar-refractivity contribution in [2.24, 2.45) is 0 Å². The number of rotatable bonds is 7. The molecule has 0 atom stereocenters. The number of hydrogen-bond donors (Lipinski definition) is 0. The first kappa shape index (κ1) is 30.3. The maximum Gasteiger partial charge on any atom is 0.164 e. The van der Waals surface area contributed by atoms with E-state index in [1.807, 2.05) is 91.0 Å². The van der Waals surface area contributed by atoms with Gasteiger partial charge in [-0.2, -0.15) is 0 Å². The van der Waals surface area contributed by atoms with Crippen molar-refractivity contribution in [1.29, 1.82) is 0 Å². The predicted octanol–water partition coefficient (Wildman–Crippen LogP) is 14.9. The molecule has 9 aromatic carbocycles. The minimum Gasteiger partial charge on any atom is -0.208 e. The van der Waals surface area contributed by atoms with E-state index in [2.05, 4.69) is 84.9 Å². The number of fused-ring (bicyclic) bond motifs is 6. The van der Waals surface area contributed by atoms with Gasteiger partial charge in [0.15, 0.2) is 17.5 Å². The maximum absolute atomic E-state index is 9.81. The van der Waals surface area contributed by atoms with Crippen LogP contribution in [0.2, 0.25) is 0 Å². The van der Waals surface area contributed by atoms with E-state index in [0.29, 0.717) is 37.7 Å². The fourth-order valence-corrected chi connectivity index (χ4v) is 10.0. The lowest BCUT2D eigenvalue weighted by atomic mass is 9.67. The first-order valence-electron chi connectivity index (χ1n) is 23.5. The molecular weight excluding hydrogens is 771 g/mol. The number of aromatic nitrogens is 3. The van der Waals surface area contributed by atoms with Gasteiger partial charge in [0.1, 0.15) is 0 Å². The lowest BCUT2D eigenvalue weighted by Gasteiger charge is -2.34. The fourth-order valence-electron chi connectivity index (χ4n) is 9.05. The van der Waals surface area contributed by atoms with Crippen LogP contribution in [0.25, 0.3) is 87.7 Å². The lowest BCUT2D eigenvalue weighted by Crippen LogP contribution is -2.28. The Labute approximate surface area is 372 Å². The summed E-state index contributed by atoms with van der Waals surface area (Å²) in [5, 5.41) is 0.526. The van der Waals surface area contributed by atoms with Gasteiger partial charge in [-0.05, 0) is 85.9 Å². The van der Waals surface area contributed by atoms with Crippen molar-refractivity contribution in [3.05, 3.63) is 247 Å². The Morgan fingerprint density at radius 2 is 0.887 bits per heavy atom.